The highest BCUT2D eigenvalue weighted by molar-refractivity contribution is 9.10. The molecule has 0 aromatic heterocycles. The number of esters is 1. The molecule has 3 aliphatic rings. The monoisotopic (exact) mass is 479 g/mol. The SMILES string of the molecule is O=C(COC(=O)c1ccccc1N1C(=O)[C@@H]2[C@@H](C1=O)[C@H]1C=C[C@@H]2C1)c1ccc(Br)cc1. The van der Waals surface area contributed by atoms with Crippen molar-refractivity contribution in [2.75, 3.05) is 11.5 Å². The third-order valence-corrected chi connectivity index (χ3v) is 6.86. The zero-order chi connectivity index (χ0) is 21.7. The van der Waals surface area contributed by atoms with Crippen LogP contribution in [0.15, 0.2) is 65.2 Å². The first-order chi connectivity index (χ1) is 15.0. The van der Waals surface area contributed by atoms with Crippen LogP contribution in [-0.2, 0) is 14.3 Å². The minimum atomic E-state index is -0.750. The van der Waals surface area contributed by atoms with Gasteiger partial charge in [0.1, 0.15) is 0 Å². The molecule has 0 radical (unpaired) electrons. The number of carbonyl (C=O) groups excluding carboxylic acids is 4. The fraction of sp³-hybridized carbons (Fsp3) is 0.250. The van der Waals surface area contributed by atoms with E-state index in [1.165, 1.54) is 6.07 Å². The summed E-state index contributed by atoms with van der Waals surface area (Å²) in [6, 6.07) is 13.1. The summed E-state index contributed by atoms with van der Waals surface area (Å²) in [5.74, 6) is -2.17. The van der Waals surface area contributed by atoms with Crippen LogP contribution in [0.1, 0.15) is 27.1 Å². The van der Waals surface area contributed by atoms with E-state index in [9.17, 15) is 19.2 Å². The Morgan fingerprint density at radius 2 is 1.55 bits per heavy atom. The molecule has 5 rings (SSSR count). The third-order valence-electron chi connectivity index (χ3n) is 6.34. The maximum absolute atomic E-state index is 13.1. The van der Waals surface area contributed by atoms with Crippen molar-refractivity contribution in [3.05, 3.63) is 76.3 Å². The van der Waals surface area contributed by atoms with Crippen LogP contribution in [0.4, 0.5) is 5.69 Å². The van der Waals surface area contributed by atoms with Crippen LogP contribution in [0, 0.1) is 23.7 Å². The number of hydrogen-bond acceptors (Lipinski definition) is 5. The van der Waals surface area contributed by atoms with E-state index in [4.69, 9.17) is 4.74 Å². The predicted molar refractivity (Wildman–Crippen MR) is 115 cm³/mol. The zero-order valence-corrected chi connectivity index (χ0v) is 17.9. The van der Waals surface area contributed by atoms with Crippen LogP contribution in [0.25, 0.3) is 0 Å². The fourth-order valence-corrected chi connectivity index (χ4v) is 5.17. The molecule has 156 valence electrons. The minimum absolute atomic E-state index is 0.0825. The molecule has 1 saturated carbocycles. The Kier molecular flexibility index (Phi) is 4.85. The highest BCUT2D eigenvalue weighted by atomic mass is 79.9. The lowest BCUT2D eigenvalue weighted by atomic mass is 9.85. The highest BCUT2D eigenvalue weighted by Crippen LogP contribution is 2.53. The Bertz CT molecular complexity index is 1110. The van der Waals surface area contributed by atoms with Crippen molar-refractivity contribution < 1.29 is 23.9 Å². The lowest BCUT2D eigenvalue weighted by Crippen LogP contribution is -2.34. The number of imide groups is 1. The summed E-state index contributed by atoms with van der Waals surface area (Å²) >= 11 is 3.31. The zero-order valence-electron chi connectivity index (χ0n) is 16.4. The van der Waals surface area contributed by atoms with Crippen LogP contribution in [-0.4, -0.2) is 30.2 Å². The van der Waals surface area contributed by atoms with Crippen molar-refractivity contribution in [2.24, 2.45) is 23.7 Å². The van der Waals surface area contributed by atoms with Gasteiger partial charge in [-0.15, -0.1) is 0 Å². The van der Waals surface area contributed by atoms with Crippen molar-refractivity contribution in [3.63, 3.8) is 0 Å². The molecular formula is C24H18BrNO5. The molecule has 0 unspecified atom stereocenters. The van der Waals surface area contributed by atoms with E-state index < -0.39 is 12.6 Å². The average Bonchev–Trinajstić information content (AvgIpc) is 3.46. The summed E-state index contributed by atoms with van der Waals surface area (Å²) in [4.78, 5) is 52.4. The average molecular weight is 480 g/mol. The van der Waals surface area contributed by atoms with E-state index >= 15 is 0 Å². The number of rotatable bonds is 5. The van der Waals surface area contributed by atoms with Gasteiger partial charge in [-0.3, -0.25) is 14.4 Å². The van der Waals surface area contributed by atoms with E-state index in [1.54, 1.807) is 42.5 Å². The predicted octanol–water partition coefficient (Wildman–Crippen LogP) is 3.80. The van der Waals surface area contributed by atoms with Gasteiger partial charge in [0.2, 0.25) is 11.8 Å². The van der Waals surface area contributed by atoms with Crippen LogP contribution < -0.4 is 4.90 Å². The molecule has 1 heterocycles. The number of ketones is 1. The summed E-state index contributed by atoms with van der Waals surface area (Å²) in [6.45, 7) is -0.435. The standard InChI is InChI=1S/C24H18BrNO5/c25-16-9-7-13(8-10-16)19(27)12-31-24(30)17-3-1-2-4-18(17)26-22(28)20-14-5-6-15(11-14)21(20)23(26)29/h1-10,14-15,20-21H,11-12H2/t14-,15+,20-,21-/m0/s1. The summed E-state index contributed by atoms with van der Waals surface area (Å²) in [6.07, 6.45) is 4.88. The number of carbonyl (C=O) groups is 4. The lowest BCUT2D eigenvalue weighted by molar-refractivity contribution is -0.123. The molecule has 0 spiro atoms. The van der Waals surface area contributed by atoms with Crippen molar-refractivity contribution in [1.82, 2.24) is 0 Å². The molecule has 2 aromatic carbocycles. The molecule has 1 aliphatic heterocycles. The topological polar surface area (TPSA) is 80.8 Å². The highest BCUT2D eigenvalue weighted by Gasteiger charge is 2.59. The van der Waals surface area contributed by atoms with Crippen LogP contribution in [0.3, 0.4) is 0 Å². The Morgan fingerprint density at radius 1 is 0.935 bits per heavy atom. The Morgan fingerprint density at radius 3 is 2.19 bits per heavy atom. The number of halogens is 1. The van der Waals surface area contributed by atoms with Gasteiger partial charge in [-0.1, -0.05) is 52.3 Å². The second-order valence-electron chi connectivity index (χ2n) is 8.04. The number of allylic oxidation sites excluding steroid dienone is 2. The molecule has 1 saturated heterocycles. The van der Waals surface area contributed by atoms with E-state index in [0.29, 0.717) is 5.56 Å². The Balaban J connectivity index is 1.35. The third kappa shape index (κ3) is 3.24. The lowest BCUT2D eigenvalue weighted by Gasteiger charge is -2.19. The van der Waals surface area contributed by atoms with Crippen LogP contribution in [0.5, 0.6) is 0 Å². The van der Waals surface area contributed by atoms with Gasteiger partial charge in [0.15, 0.2) is 12.4 Å². The number of para-hydroxylation sites is 1. The second kappa shape index (κ2) is 7.57. The van der Waals surface area contributed by atoms with E-state index in [-0.39, 0.29) is 52.5 Å². The normalized spacial score (nSPS) is 25.8. The molecule has 7 heteroatoms. The maximum atomic E-state index is 13.1. The molecule has 0 N–H and O–H groups in total. The van der Waals surface area contributed by atoms with Crippen molar-refractivity contribution in [3.8, 4) is 0 Å². The van der Waals surface area contributed by atoms with Gasteiger partial charge >= 0.3 is 5.97 Å². The molecule has 2 amide bonds. The number of hydrogen-bond donors (Lipinski definition) is 0. The van der Waals surface area contributed by atoms with Gasteiger partial charge in [0.05, 0.1) is 23.1 Å². The van der Waals surface area contributed by atoms with Crippen molar-refractivity contribution >= 4 is 45.2 Å². The largest absolute Gasteiger partial charge is 0.454 e. The molecule has 2 fully saturated rings. The van der Waals surface area contributed by atoms with Crippen LogP contribution >= 0.6 is 15.9 Å². The molecule has 6 nitrogen and oxygen atoms in total. The Labute approximate surface area is 187 Å². The molecule has 2 bridgehead atoms. The smallest absolute Gasteiger partial charge is 0.340 e. The summed E-state index contributed by atoms with van der Waals surface area (Å²) < 4.78 is 6.07. The van der Waals surface area contributed by atoms with Gasteiger partial charge in [-0.05, 0) is 42.5 Å². The second-order valence-corrected chi connectivity index (χ2v) is 8.95. The molecule has 2 aliphatic carbocycles. The van der Waals surface area contributed by atoms with Crippen molar-refractivity contribution in [2.45, 2.75) is 6.42 Å². The number of anilines is 1. The van der Waals surface area contributed by atoms with Gasteiger partial charge < -0.3 is 4.74 Å². The first-order valence-corrected chi connectivity index (χ1v) is 10.9. The maximum Gasteiger partial charge on any atom is 0.340 e. The minimum Gasteiger partial charge on any atom is -0.454 e. The van der Waals surface area contributed by atoms with Gasteiger partial charge in [0, 0.05) is 10.0 Å². The molecular weight excluding hydrogens is 462 g/mol. The van der Waals surface area contributed by atoms with Gasteiger partial charge in [-0.25, -0.2) is 9.69 Å². The Hall–Kier alpha value is -3.06. The number of benzene rings is 2. The first-order valence-electron chi connectivity index (χ1n) is 10.1. The number of nitrogens with zero attached hydrogens (tertiary/aromatic N) is 1. The fourth-order valence-electron chi connectivity index (χ4n) is 4.91. The van der Waals surface area contributed by atoms with Crippen LogP contribution in [0.2, 0.25) is 0 Å². The quantitative estimate of drug-likeness (QED) is 0.282. The molecule has 31 heavy (non-hydrogen) atoms. The van der Waals surface area contributed by atoms with E-state index in [0.717, 1.165) is 15.8 Å². The van der Waals surface area contributed by atoms with Gasteiger partial charge in [0.25, 0.3) is 0 Å². The molecule has 2 aromatic rings. The number of Topliss-reactive ketones (excluding diaryl/α,β-unsaturated/α-hetero) is 1. The van der Waals surface area contributed by atoms with E-state index in [2.05, 4.69) is 15.9 Å². The van der Waals surface area contributed by atoms with Gasteiger partial charge in [-0.2, -0.15) is 0 Å². The molecule has 4 atom stereocenters. The first kappa shape index (κ1) is 19.9. The summed E-state index contributed by atoms with van der Waals surface area (Å²) in [5, 5.41) is 0. The van der Waals surface area contributed by atoms with Crippen molar-refractivity contribution in [1.29, 1.82) is 0 Å². The summed E-state index contributed by atoms with van der Waals surface area (Å²) in [5.41, 5.74) is 0.727. The number of fused-ring (bicyclic) bond motifs is 5. The summed E-state index contributed by atoms with van der Waals surface area (Å²) in [7, 11) is 0. The number of ether oxygens (including phenoxy) is 1. The number of amides is 2. The van der Waals surface area contributed by atoms with E-state index in [1.807, 2.05) is 12.2 Å².